The number of rotatable bonds is 11. The summed E-state index contributed by atoms with van der Waals surface area (Å²) < 4.78 is 41.2. The van der Waals surface area contributed by atoms with Crippen molar-refractivity contribution in [2.24, 2.45) is 0 Å². The maximum absolute atomic E-state index is 13.3. The van der Waals surface area contributed by atoms with Crippen LogP contribution in [-0.2, 0) is 40.1 Å². The van der Waals surface area contributed by atoms with Crippen LogP contribution in [0.25, 0.3) is 0 Å². The molecule has 0 aliphatic rings. The molecule has 2 aromatic carbocycles. The molecule has 2 aromatic rings. The maximum Gasteiger partial charge on any atom is 0.344 e. The van der Waals surface area contributed by atoms with Gasteiger partial charge >= 0.3 is 17.9 Å². The first-order valence-electron chi connectivity index (χ1n) is 11.8. The first kappa shape index (κ1) is 29.3. The van der Waals surface area contributed by atoms with Crippen LogP contribution >= 0.6 is 0 Å². The first-order chi connectivity index (χ1) is 16.9. The Kier molecular flexibility index (Phi) is 10.0. The van der Waals surface area contributed by atoms with Gasteiger partial charge in [-0.3, -0.25) is 4.55 Å². The van der Waals surface area contributed by atoms with Crippen LogP contribution in [0.5, 0.6) is 5.75 Å². The Hall–Kier alpha value is -2.98. The zero-order valence-electron chi connectivity index (χ0n) is 21.1. The van der Waals surface area contributed by atoms with E-state index in [1.54, 1.807) is 0 Å². The van der Waals surface area contributed by atoms with Gasteiger partial charge in [-0.05, 0) is 53.4 Å². The van der Waals surface area contributed by atoms with Gasteiger partial charge in [0.1, 0.15) is 49.0 Å². The molecule has 0 fully saturated rings. The topological polar surface area (TPSA) is 144 Å². The molecule has 0 amide bonds. The number of hydrogen-bond acceptors (Lipinski definition) is 7. The third kappa shape index (κ3) is 6.82. The number of carboxylic acid groups (broad SMARTS) is 1. The number of esters is 2. The summed E-state index contributed by atoms with van der Waals surface area (Å²) in [6.45, 7) is 1.33. The summed E-state index contributed by atoms with van der Waals surface area (Å²) in [7, 11) is 3.35. The monoisotopic (exact) mass is 512 g/mol. The standard InChI is InChI=1S/C22H28B4O9S/c1-11(10-36(31,32)33)34-21(29)12-2-4-13(5-3-12)35-22(30)19-17(9-26)15(7-24)14(6-23)16(8-25)18(19)20(27)28/h2-5,11H,6-10,23-26H2,1H3,(H,27,28)(H,31,32,33). The average Bonchev–Trinajstić information content (AvgIpc) is 2.80. The summed E-state index contributed by atoms with van der Waals surface area (Å²) in [5.41, 5.74) is 3.28. The predicted molar refractivity (Wildman–Crippen MR) is 145 cm³/mol. The molecule has 2 N–H and O–H groups in total. The molecule has 1 atom stereocenters. The Labute approximate surface area is 214 Å². The summed E-state index contributed by atoms with van der Waals surface area (Å²) >= 11 is 0. The quantitative estimate of drug-likeness (QED) is 0.160. The smallest absolute Gasteiger partial charge is 0.344 e. The van der Waals surface area contributed by atoms with Gasteiger partial charge in [0.05, 0.1) is 16.7 Å². The van der Waals surface area contributed by atoms with Crippen molar-refractivity contribution in [3.05, 3.63) is 63.2 Å². The van der Waals surface area contributed by atoms with Crippen LogP contribution in [0.2, 0.25) is 0 Å². The number of carbonyl (C=O) groups excluding carboxylic acids is 2. The van der Waals surface area contributed by atoms with Crippen molar-refractivity contribution in [1.29, 1.82) is 0 Å². The van der Waals surface area contributed by atoms with Crippen molar-refractivity contribution in [1.82, 2.24) is 0 Å². The summed E-state index contributed by atoms with van der Waals surface area (Å²) in [6, 6.07) is 5.38. The number of aromatic carboxylic acids is 1. The van der Waals surface area contributed by atoms with Crippen molar-refractivity contribution < 1.29 is 41.9 Å². The van der Waals surface area contributed by atoms with Gasteiger partial charge in [0.2, 0.25) is 0 Å². The molecule has 0 aliphatic carbocycles. The van der Waals surface area contributed by atoms with Gasteiger partial charge in [0, 0.05) is 0 Å². The van der Waals surface area contributed by atoms with Crippen molar-refractivity contribution in [2.45, 2.75) is 38.3 Å². The molecule has 0 bridgehead atoms. The fourth-order valence-corrected chi connectivity index (χ4v) is 5.12. The molecule has 0 radical (unpaired) electrons. The highest BCUT2D eigenvalue weighted by Crippen LogP contribution is 2.31. The Morgan fingerprint density at radius 3 is 1.72 bits per heavy atom. The summed E-state index contributed by atoms with van der Waals surface area (Å²) in [6.07, 6.45) is 1.13. The van der Waals surface area contributed by atoms with E-state index in [1.807, 2.05) is 31.4 Å². The van der Waals surface area contributed by atoms with Crippen LogP contribution < -0.4 is 4.74 Å². The molecule has 14 heteroatoms. The molecular weight excluding hydrogens is 484 g/mol. The van der Waals surface area contributed by atoms with E-state index < -0.39 is 39.9 Å². The average molecular weight is 512 g/mol. The Bertz CT molecular complexity index is 1260. The van der Waals surface area contributed by atoms with Crippen molar-refractivity contribution >= 4 is 59.4 Å². The van der Waals surface area contributed by atoms with Crippen LogP contribution in [0, 0.1) is 0 Å². The van der Waals surface area contributed by atoms with Gasteiger partial charge in [0.15, 0.2) is 0 Å². The minimum absolute atomic E-state index is 0.0402. The molecular formula is C22H28B4O9S. The van der Waals surface area contributed by atoms with Gasteiger partial charge in [-0.15, -0.1) is 0 Å². The van der Waals surface area contributed by atoms with E-state index in [9.17, 15) is 27.9 Å². The second-order valence-corrected chi connectivity index (χ2v) is 9.76. The summed E-state index contributed by atoms with van der Waals surface area (Å²) in [4.78, 5) is 37.8. The van der Waals surface area contributed by atoms with Crippen molar-refractivity contribution in [2.75, 3.05) is 5.75 Å². The zero-order valence-corrected chi connectivity index (χ0v) is 21.9. The van der Waals surface area contributed by atoms with E-state index in [4.69, 9.17) is 14.0 Å². The minimum atomic E-state index is -4.30. The molecule has 0 aliphatic heterocycles. The largest absolute Gasteiger partial charge is 0.478 e. The van der Waals surface area contributed by atoms with Crippen molar-refractivity contribution in [3.63, 3.8) is 0 Å². The van der Waals surface area contributed by atoms with Crippen LogP contribution in [-0.4, -0.2) is 79.2 Å². The minimum Gasteiger partial charge on any atom is -0.478 e. The van der Waals surface area contributed by atoms with Gasteiger partial charge < -0.3 is 14.6 Å². The van der Waals surface area contributed by atoms with Crippen LogP contribution in [0.1, 0.15) is 60.3 Å². The van der Waals surface area contributed by atoms with Gasteiger partial charge in [0.25, 0.3) is 10.1 Å². The fourth-order valence-electron chi connectivity index (χ4n) is 4.46. The maximum atomic E-state index is 13.3. The highest BCUT2D eigenvalue weighted by molar-refractivity contribution is 7.85. The van der Waals surface area contributed by atoms with E-state index in [2.05, 4.69) is 0 Å². The molecule has 1 unspecified atom stereocenters. The van der Waals surface area contributed by atoms with Crippen LogP contribution in [0.15, 0.2) is 24.3 Å². The van der Waals surface area contributed by atoms with Crippen LogP contribution in [0.4, 0.5) is 0 Å². The molecule has 0 spiro atoms. The highest BCUT2D eigenvalue weighted by Gasteiger charge is 2.29. The van der Waals surface area contributed by atoms with Gasteiger partial charge in [-0.2, -0.15) is 8.42 Å². The fraction of sp³-hybridized carbons (Fsp3) is 0.318. The number of carbonyl (C=O) groups is 3. The number of benzene rings is 2. The third-order valence-electron chi connectivity index (χ3n) is 5.83. The van der Waals surface area contributed by atoms with Crippen LogP contribution in [0.3, 0.4) is 0 Å². The zero-order chi connectivity index (χ0) is 27.2. The molecule has 0 saturated heterocycles. The normalized spacial score (nSPS) is 12.1. The molecule has 36 heavy (non-hydrogen) atoms. The van der Waals surface area contributed by atoms with E-state index in [-0.39, 0.29) is 22.4 Å². The second kappa shape index (κ2) is 12.3. The Balaban J connectivity index is 2.40. The molecule has 9 nitrogen and oxygen atoms in total. The first-order valence-corrected chi connectivity index (χ1v) is 13.4. The molecule has 188 valence electrons. The van der Waals surface area contributed by atoms with Gasteiger partial charge in [-0.25, -0.2) is 14.4 Å². The lowest BCUT2D eigenvalue weighted by Crippen LogP contribution is -2.24. The van der Waals surface area contributed by atoms with E-state index in [0.29, 0.717) is 36.4 Å². The van der Waals surface area contributed by atoms with E-state index >= 15 is 0 Å². The molecule has 0 heterocycles. The SMILES string of the molecule is BCc1c(CB)c(CB)c(C(=O)Oc2ccc(C(=O)OC(C)CS(=O)(=O)O)cc2)c(C(=O)O)c1CB. The summed E-state index contributed by atoms with van der Waals surface area (Å²) in [5.74, 6) is -3.45. The second-order valence-electron chi connectivity index (χ2n) is 8.26. The van der Waals surface area contributed by atoms with E-state index in [1.165, 1.54) is 31.2 Å². The number of carboxylic acids is 1. The molecule has 0 aromatic heterocycles. The van der Waals surface area contributed by atoms with E-state index in [0.717, 1.165) is 11.1 Å². The number of hydrogen-bond donors (Lipinski definition) is 2. The number of ether oxygens (including phenoxy) is 2. The molecule has 0 saturated carbocycles. The highest BCUT2D eigenvalue weighted by atomic mass is 32.2. The van der Waals surface area contributed by atoms with Crippen molar-refractivity contribution in [3.8, 4) is 5.75 Å². The molecule has 2 rings (SSSR count). The Morgan fingerprint density at radius 2 is 1.31 bits per heavy atom. The van der Waals surface area contributed by atoms with Gasteiger partial charge in [-0.1, -0.05) is 25.3 Å². The summed E-state index contributed by atoms with van der Waals surface area (Å²) in [5, 5.41) is 10.0. The third-order valence-corrected chi connectivity index (χ3v) is 6.72. The lowest BCUT2D eigenvalue weighted by Gasteiger charge is -2.23. The predicted octanol–water partition coefficient (Wildman–Crippen LogP) is -1.43. The lowest BCUT2D eigenvalue weighted by atomic mass is 9.72. The lowest BCUT2D eigenvalue weighted by molar-refractivity contribution is 0.0381. The Morgan fingerprint density at radius 1 is 0.833 bits per heavy atom.